The molecule has 0 spiro atoms. The molecule has 152 valence electrons. The Kier molecular flexibility index (Phi) is 7.25. The fourth-order valence-electron chi connectivity index (χ4n) is 2.45. The largest absolute Gasteiger partial charge is 0.394 e. The second-order valence-electron chi connectivity index (χ2n) is 5.90. The van der Waals surface area contributed by atoms with Gasteiger partial charge in [-0.1, -0.05) is 12.1 Å². The van der Waals surface area contributed by atoms with Crippen molar-refractivity contribution in [2.75, 3.05) is 13.2 Å². The van der Waals surface area contributed by atoms with Crippen molar-refractivity contribution in [1.82, 2.24) is 5.32 Å². The van der Waals surface area contributed by atoms with E-state index in [1.54, 1.807) is 0 Å². The molecule has 5 atom stereocenters. The van der Waals surface area contributed by atoms with Gasteiger partial charge in [0.05, 0.1) is 11.5 Å². The van der Waals surface area contributed by atoms with E-state index in [4.69, 9.17) is 19.1 Å². The molecule has 1 aromatic carbocycles. The highest BCUT2D eigenvalue weighted by molar-refractivity contribution is 7.85. The Morgan fingerprint density at radius 1 is 1.15 bits per heavy atom. The number of hydrogen-bond donors (Lipinski definition) is 6. The SMILES string of the molecule is O=C(CO[C@@H]1[C@@H](O)[C@H](O)[C@@H](CO)O[C@@H]1O)NCc1ccc(S(=O)(=O)O)cc1. The van der Waals surface area contributed by atoms with Gasteiger partial charge in [-0.3, -0.25) is 9.35 Å². The average molecular weight is 407 g/mol. The van der Waals surface area contributed by atoms with Crippen LogP contribution in [0.1, 0.15) is 5.56 Å². The third kappa shape index (κ3) is 5.67. The zero-order valence-electron chi connectivity index (χ0n) is 14.0. The Morgan fingerprint density at radius 3 is 2.33 bits per heavy atom. The van der Waals surface area contributed by atoms with Gasteiger partial charge >= 0.3 is 0 Å². The molecule has 11 nitrogen and oxygen atoms in total. The van der Waals surface area contributed by atoms with Gasteiger partial charge in [0.1, 0.15) is 31.0 Å². The van der Waals surface area contributed by atoms with Crippen LogP contribution >= 0.6 is 0 Å². The first-order valence-electron chi connectivity index (χ1n) is 7.88. The second kappa shape index (κ2) is 9.03. The van der Waals surface area contributed by atoms with Crippen LogP contribution < -0.4 is 5.32 Å². The summed E-state index contributed by atoms with van der Waals surface area (Å²) in [6, 6.07) is 5.16. The molecule has 1 heterocycles. The van der Waals surface area contributed by atoms with Crippen LogP contribution in [0, 0.1) is 0 Å². The molecule has 1 amide bonds. The van der Waals surface area contributed by atoms with E-state index in [1.807, 2.05) is 0 Å². The molecule has 27 heavy (non-hydrogen) atoms. The lowest BCUT2D eigenvalue weighted by atomic mass is 9.99. The van der Waals surface area contributed by atoms with Gasteiger partial charge in [-0.05, 0) is 17.7 Å². The first-order chi connectivity index (χ1) is 12.6. The maximum atomic E-state index is 11.8. The molecule has 0 bridgehead atoms. The van der Waals surface area contributed by atoms with Gasteiger partial charge in [0.15, 0.2) is 6.29 Å². The van der Waals surface area contributed by atoms with E-state index in [0.29, 0.717) is 5.56 Å². The lowest BCUT2D eigenvalue weighted by molar-refractivity contribution is -0.295. The Hall–Kier alpha value is -1.64. The van der Waals surface area contributed by atoms with Crippen molar-refractivity contribution in [2.45, 2.75) is 42.1 Å². The highest BCUT2D eigenvalue weighted by Gasteiger charge is 2.44. The summed E-state index contributed by atoms with van der Waals surface area (Å²) in [5.41, 5.74) is 0.554. The Labute approximate surface area is 154 Å². The van der Waals surface area contributed by atoms with Crippen molar-refractivity contribution in [3.63, 3.8) is 0 Å². The van der Waals surface area contributed by atoms with Crippen LogP contribution in [-0.4, -0.2) is 83.2 Å². The van der Waals surface area contributed by atoms with Crippen molar-refractivity contribution in [3.05, 3.63) is 29.8 Å². The van der Waals surface area contributed by atoms with Crippen LogP contribution in [0.25, 0.3) is 0 Å². The molecule has 1 aromatic rings. The Morgan fingerprint density at radius 2 is 1.78 bits per heavy atom. The zero-order valence-corrected chi connectivity index (χ0v) is 14.8. The van der Waals surface area contributed by atoms with Gasteiger partial charge < -0.3 is 35.2 Å². The predicted molar refractivity (Wildman–Crippen MR) is 87.8 cm³/mol. The number of aliphatic hydroxyl groups excluding tert-OH is 4. The number of benzene rings is 1. The number of nitrogens with one attached hydrogen (secondary N) is 1. The van der Waals surface area contributed by atoms with Gasteiger partial charge in [0, 0.05) is 6.54 Å². The van der Waals surface area contributed by atoms with Crippen molar-refractivity contribution < 1.29 is 47.7 Å². The lowest BCUT2D eigenvalue weighted by Gasteiger charge is -2.39. The van der Waals surface area contributed by atoms with Crippen molar-refractivity contribution >= 4 is 16.0 Å². The third-order valence-electron chi connectivity index (χ3n) is 3.96. The summed E-state index contributed by atoms with van der Waals surface area (Å²) in [6.07, 6.45) is -7.25. The normalized spacial score (nSPS) is 28.7. The van der Waals surface area contributed by atoms with Crippen LogP contribution in [0.5, 0.6) is 0 Å². The highest BCUT2D eigenvalue weighted by Crippen LogP contribution is 2.22. The van der Waals surface area contributed by atoms with Crippen LogP contribution in [-0.2, 0) is 30.9 Å². The van der Waals surface area contributed by atoms with Gasteiger partial charge in [-0.25, -0.2) is 0 Å². The summed E-state index contributed by atoms with van der Waals surface area (Å²) < 4.78 is 40.8. The molecule has 1 aliphatic rings. The third-order valence-corrected chi connectivity index (χ3v) is 4.83. The Bertz CT molecular complexity index is 737. The van der Waals surface area contributed by atoms with Crippen LogP contribution in [0.4, 0.5) is 0 Å². The molecule has 1 saturated heterocycles. The molecule has 0 unspecified atom stereocenters. The molecule has 0 aliphatic carbocycles. The number of hydrogen-bond acceptors (Lipinski definition) is 9. The minimum absolute atomic E-state index is 0.0371. The van der Waals surface area contributed by atoms with E-state index in [1.165, 1.54) is 24.3 Å². The molecule has 1 fully saturated rings. The first-order valence-corrected chi connectivity index (χ1v) is 9.32. The number of carbonyl (C=O) groups is 1. The lowest BCUT2D eigenvalue weighted by Crippen LogP contribution is -2.59. The molecule has 6 N–H and O–H groups in total. The van der Waals surface area contributed by atoms with E-state index in [9.17, 15) is 28.5 Å². The standard InChI is InChI=1S/C15H21NO10S/c17-6-10-12(19)13(20)14(15(21)26-10)25-7-11(18)16-5-8-1-3-9(4-2-8)27(22,23)24/h1-4,10,12-15,17,19-21H,5-7H2,(H,16,18)(H,22,23,24)/t10-,12-,13+,14-,15+/m1/s1. The molecular weight excluding hydrogens is 386 g/mol. The van der Waals surface area contributed by atoms with Crippen molar-refractivity contribution in [3.8, 4) is 0 Å². The fraction of sp³-hybridized carbons (Fsp3) is 0.533. The van der Waals surface area contributed by atoms with E-state index in [-0.39, 0.29) is 11.4 Å². The minimum atomic E-state index is -4.30. The number of rotatable bonds is 7. The van der Waals surface area contributed by atoms with Gasteiger partial charge in [-0.15, -0.1) is 0 Å². The maximum absolute atomic E-state index is 11.8. The first kappa shape index (κ1) is 21.7. The molecular formula is C15H21NO10S. The molecule has 1 aliphatic heterocycles. The van der Waals surface area contributed by atoms with E-state index in [0.717, 1.165) is 0 Å². The predicted octanol–water partition coefficient (Wildman–Crippen LogP) is -2.63. The maximum Gasteiger partial charge on any atom is 0.294 e. The van der Waals surface area contributed by atoms with Crippen LogP contribution in [0.2, 0.25) is 0 Å². The molecule has 2 rings (SSSR count). The summed E-state index contributed by atoms with van der Waals surface area (Å²) in [5.74, 6) is -0.605. The quantitative estimate of drug-likeness (QED) is 0.261. The topological polar surface area (TPSA) is 183 Å². The average Bonchev–Trinajstić information content (AvgIpc) is 2.62. The van der Waals surface area contributed by atoms with Crippen molar-refractivity contribution in [2.24, 2.45) is 0 Å². The van der Waals surface area contributed by atoms with Crippen LogP contribution in [0.15, 0.2) is 29.2 Å². The number of amides is 1. The number of carbonyl (C=O) groups excluding carboxylic acids is 1. The van der Waals surface area contributed by atoms with Gasteiger partial charge in [-0.2, -0.15) is 8.42 Å². The summed E-state index contributed by atoms with van der Waals surface area (Å²) in [6.45, 7) is -1.13. The fourth-order valence-corrected chi connectivity index (χ4v) is 2.93. The molecule has 0 radical (unpaired) electrons. The van der Waals surface area contributed by atoms with Crippen LogP contribution in [0.3, 0.4) is 0 Å². The monoisotopic (exact) mass is 407 g/mol. The molecule has 12 heteroatoms. The molecule has 0 saturated carbocycles. The summed E-state index contributed by atoms with van der Waals surface area (Å²) in [5, 5.41) is 40.8. The zero-order chi connectivity index (χ0) is 20.2. The highest BCUT2D eigenvalue weighted by atomic mass is 32.2. The van der Waals surface area contributed by atoms with E-state index < -0.39 is 59.9 Å². The Balaban J connectivity index is 1.82. The number of aliphatic hydroxyl groups is 4. The second-order valence-corrected chi connectivity index (χ2v) is 7.32. The van der Waals surface area contributed by atoms with Crippen molar-refractivity contribution in [1.29, 1.82) is 0 Å². The summed E-state index contributed by atoms with van der Waals surface area (Å²) in [7, 11) is -4.30. The van der Waals surface area contributed by atoms with Gasteiger partial charge in [0.2, 0.25) is 5.91 Å². The van der Waals surface area contributed by atoms with E-state index in [2.05, 4.69) is 5.32 Å². The molecule has 0 aromatic heterocycles. The summed E-state index contributed by atoms with van der Waals surface area (Å²) >= 11 is 0. The number of ether oxygens (including phenoxy) is 2. The van der Waals surface area contributed by atoms with Gasteiger partial charge in [0.25, 0.3) is 10.1 Å². The minimum Gasteiger partial charge on any atom is -0.394 e. The smallest absolute Gasteiger partial charge is 0.294 e. The summed E-state index contributed by atoms with van der Waals surface area (Å²) in [4.78, 5) is 11.5. The van der Waals surface area contributed by atoms with E-state index >= 15 is 0 Å².